The van der Waals surface area contributed by atoms with Crippen LogP contribution in [0.1, 0.15) is 25.3 Å². The highest BCUT2D eigenvalue weighted by Crippen LogP contribution is 2.22. The van der Waals surface area contributed by atoms with Gasteiger partial charge in [-0.1, -0.05) is 0 Å². The number of carbonyl (C=O) groups excluding carboxylic acids is 1. The van der Waals surface area contributed by atoms with E-state index >= 15 is 0 Å². The van der Waals surface area contributed by atoms with Gasteiger partial charge in [-0.15, -0.1) is 0 Å². The third kappa shape index (κ3) is 2.56. The number of anilines is 1. The van der Waals surface area contributed by atoms with E-state index in [1.165, 1.54) is 0 Å². The molecular formula is C13H14N4O2. The lowest BCUT2D eigenvalue weighted by atomic mass is 10.2. The van der Waals surface area contributed by atoms with E-state index in [0.717, 1.165) is 5.52 Å². The second kappa shape index (κ2) is 5.08. The smallest absolute Gasteiger partial charge is 0.238 e. The minimum absolute atomic E-state index is 0.181. The number of aliphatic hydroxyl groups is 1. The zero-order valence-corrected chi connectivity index (χ0v) is 10.7. The summed E-state index contributed by atoms with van der Waals surface area (Å²) < 4.78 is 1.81. The van der Waals surface area contributed by atoms with E-state index in [1.54, 1.807) is 29.7 Å². The van der Waals surface area contributed by atoms with Gasteiger partial charge in [0.2, 0.25) is 5.91 Å². The largest absolute Gasteiger partial charge is 0.385 e. The molecule has 2 N–H and O–H groups in total. The van der Waals surface area contributed by atoms with Crippen LogP contribution in [-0.4, -0.2) is 20.6 Å². The van der Waals surface area contributed by atoms with Gasteiger partial charge in [-0.25, -0.2) is 4.98 Å². The summed E-state index contributed by atoms with van der Waals surface area (Å²) in [5, 5.41) is 20.7. The second-order valence-electron chi connectivity index (χ2n) is 4.29. The van der Waals surface area contributed by atoms with E-state index in [0.29, 0.717) is 17.0 Å². The number of carbonyl (C=O) groups is 1. The third-order valence-electron chi connectivity index (χ3n) is 2.81. The fraction of sp³-hybridized carbons (Fsp3) is 0.308. The predicted octanol–water partition coefficient (Wildman–Crippen LogP) is 1.48. The summed E-state index contributed by atoms with van der Waals surface area (Å²) in [7, 11) is 1.82. The standard InChI is InChI=1S/C13H14N4O2/c1-8(18)13-16-10-7-9(15-12(19)5-6-14)3-4-11(10)17(13)2/h3-4,7-8,18H,5H2,1-2H3,(H,15,19). The minimum Gasteiger partial charge on any atom is -0.385 e. The van der Waals surface area contributed by atoms with E-state index in [9.17, 15) is 9.90 Å². The van der Waals surface area contributed by atoms with E-state index in [-0.39, 0.29) is 12.3 Å². The van der Waals surface area contributed by atoms with E-state index in [4.69, 9.17) is 5.26 Å². The number of hydrogen-bond acceptors (Lipinski definition) is 4. The first-order valence-electron chi connectivity index (χ1n) is 5.84. The van der Waals surface area contributed by atoms with Crippen LogP contribution in [0.4, 0.5) is 5.69 Å². The maximum atomic E-state index is 11.3. The molecule has 0 fully saturated rings. The van der Waals surface area contributed by atoms with Crippen LogP contribution in [0.25, 0.3) is 11.0 Å². The van der Waals surface area contributed by atoms with Crippen molar-refractivity contribution in [3.63, 3.8) is 0 Å². The van der Waals surface area contributed by atoms with Gasteiger partial charge >= 0.3 is 0 Å². The monoisotopic (exact) mass is 258 g/mol. The number of rotatable bonds is 3. The van der Waals surface area contributed by atoms with Crippen LogP contribution in [0.15, 0.2) is 18.2 Å². The Hall–Kier alpha value is -2.39. The summed E-state index contributed by atoms with van der Waals surface area (Å²) >= 11 is 0. The zero-order chi connectivity index (χ0) is 14.0. The summed E-state index contributed by atoms with van der Waals surface area (Å²) in [5.74, 6) is 0.212. The number of nitrogens with one attached hydrogen (secondary N) is 1. The number of fused-ring (bicyclic) bond motifs is 1. The molecule has 1 atom stereocenters. The Morgan fingerprint density at radius 1 is 1.63 bits per heavy atom. The fourth-order valence-corrected chi connectivity index (χ4v) is 1.95. The lowest BCUT2D eigenvalue weighted by Gasteiger charge is -2.04. The molecule has 0 bridgehead atoms. The van der Waals surface area contributed by atoms with E-state index in [1.807, 2.05) is 13.1 Å². The molecule has 0 aliphatic rings. The summed E-state index contributed by atoms with van der Waals surface area (Å²) in [6, 6.07) is 7.06. The summed E-state index contributed by atoms with van der Waals surface area (Å²) in [6.45, 7) is 1.65. The average molecular weight is 258 g/mol. The zero-order valence-electron chi connectivity index (χ0n) is 10.7. The van der Waals surface area contributed by atoms with Gasteiger partial charge in [-0.3, -0.25) is 4.79 Å². The third-order valence-corrected chi connectivity index (χ3v) is 2.81. The molecule has 0 radical (unpaired) electrons. The van der Waals surface area contributed by atoms with E-state index < -0.39 is 6.10 Å². The number of aliphatic hydroxyl groups excluding tert-OH is 1. The first-order valence-corrected chi connectivity index (χ1v) is 5.84. The van der Waals surface area contributed by atoms with Gasteiger partial charge in [0.1, 0.15) is 18.3 Å². The van der Waals surface area contributed by atoms with Gasteiger partial charge in [0.25, 0.3) is 0 Å². The minimum atomic E-state index is -0.658. The van der Waals surface area contributed by atoms with E-state index in [2.05, 4.69) is 10.3 Å². The number of benzene rings is 1. The number of aromatic nitrogens is 2. The summed E-state index contributed by atoms with van der Waals surface area (Å²) in [5.41, 5.74) is 2.14. The lowest BCUT2D eigenvalue weighted by molar-refractivity contribution is -0.115. The van der Waals surface area contributed by atoms with Crippen LogP contribution in [0.2, 0.25) is 0 Å². The average Bonchev–Trinajstić information content (AvgIpc) is 2.67. The highest BCUT2D eigenvalue weighted by molar-refractivity contribution is 5.94. The summed E-state index contributed by atoms with van der Waals surface area (Å²) in [6.07, 6.45) is -0.840. The highest BCUT2D eigenvalue weighted by Gasteiger charge is 2.12. The van der Waals surface area contributed by atoms with Crippen LogP contribution in [-0.2, 0) is 11.8 Å². The maximum absolute atomic E-state index is 11.3. The molecule has 0 aliphatic carbocycles. The fourth-order valence-electron chi connectivity index (χ4n) is 1.95. The molecule has 1 heterocycles. The molecule has 0 aliphatic heterocycles. The van der Waals surface area contributed by atoms with Crippen molar-refractivity contribution in [2.75, 3.05) is 5.32 Å². The quantitative estimate of drug-likeness (QED) is 0.872. The molecule has 0 spiro atoms. The van der Waals surface area contributed by atoms with Crippen molar-refractivity contribution in [3.05, 3.63) is 24.0 Å². The molecule has 0 saturated carbocycles. The van der Waals surface area contributed by atoms with Crippen molar-refractivity contribution in [2.45, 2.75) is 19.4 Å². The molecule has 1 amide bonds. The molecular weight excluding hydrogens is 244 g/mol. The number of amides is 1. The van der Waals surface area contributed by atoms with Crippen LogP contribution < -0.4 is 5.32 Å². The molecule has 1 aromatic carbocycles. The second-order valence-corrected chi connectivity index (χ2v) is 4.29. The Labute approximate surface area is 110 Å². The molecule has 1 aromatic heterocycles. The van der Waals surface area contributed by atoms with Crippen LogP contribution in [0.3, 0.4) is 0 Å². The Bertz CT molecular complexity index is 667. The first kappa shape index (κ1) is 13.1. The number of imidazole rings is 1. The summed E-state index contributed by atoms with van der Waals surface area (Å²) in [4.78, 5) is 15.7. The van der Waals surface area contributed by atoms with Gasteiger partial charge < -0.3 is 15.0 Å². The lowest BCUT2D eigenvalue weighted by Crippen LogP contribution is -2.09. The van der Waals surface area contributed by atoms with Crippen LogP contribution >= 0.6 is 0 Å². The number of aryl methyl sites for hydroxylation is 1. The first-order chi connectivity index (χ1) is 9.02. The van der Waals surface area contributed by atoms with Crippen molar-refractivity contribution in [1.29, 1.82) is 5.26 Å². The van der Waals surface area contributed by atoms with Gasteiger partial charge in [0.05, 0.1) is 17.1 Å². The van der Waals surface area contributed by atoms with Gasteiger partial charge in [0, 0.05) is 12.7 Å². The van der Waals surface area contributed by atoms with Crippen molar-refractivity contribution in [1.82, 2.24) is 9.55 Å². The molecule has 98 valence electrons. The van der Waals surface area contributed by atoms with Crippen molar-refractivity contribution < 1.29 is 9.90 Å². The van der Waals surface area contributed by atoms with Gasteiger partial charge in [0.15, 0.2) is 0 Å². The molecule has 2 aromatic rings. The molecule has 6 heteroatoms. The topological polar surface area (TPSA) is 90.9 Å². The number of nitrogens with zero attached hydrogens (tertiary/aromatic N) is 3. The Morgan fingerprint density at radius 2 is 2.37 bits per heavy atom. The normalized spacial score (nSPS) is 12.1. The van der Waals surface area contributed by atoms with Gasteiger partial charge in [-0.05, 0) is 25.1 Å². The van der Waals surface area contributed by atoms with Crippen LogP contribution in [0, 0.1) is 11.3 Å². The predicted molar refractivity (Wildman–Crippen MR) is 70.2 cm³/mol. The Kier molecular flexibility index (Phi) is 3.49. The van der Waals surface area contributed by atoms with Gasteiger partial charge in [-0.2, -0.15) is 5.26 Å². The molecule has 6 nitrogen and oxygen atoms in total. The molecule has 1 unspecified atom stereocenters. The molecule has 2 rings (SSSR count). The Balaban J connectivity index is 2.36. The molecule has 19 heavy (non-hydrogen) atoms. The van der Waals surface area contributed by atoms with Crippen LogP contribution in [0.5, 0.6) is 0 Å². The Morgan fingerprint density at radius 3 is 3.00 bits per heavy atom. The highest BCUT2D eigenvalue weighted by atomic mass is 16.3. The van der Waals surface area contributed by atoms with Crippen molar-refractivity contribution in [2.24, 2.45) is 7.05 Å². The van der Waals surface area contributed by atoms with Crippen molar-refractivity contribution >= 4 is 22.6 Å². The molecule has 0 saturated heterocycles. The maximum Gasteiger partial charge on any atom is 0.238 e. The number of nitriles is 1. The number of hydrogen-bond donors (Lipinski definition) is 2. The van der Waals surface area contributed by atoms with Crippen molar-refractivity contribution in [3.8, 4) is 6.07 Å². The SMILES string of the molecule is CC(O)c1nc2cc(NC(=O)CC#N)ccc2n1C.